The molecular weight excluding hydrogens is 368 g/mol. The van der Waals surface area contributed by atoms with Crippen LogP contribution in [0, 0.1) is 0 Å². The lowest BCUT2D eigenvalue weighted by Crippen LogP contribution is -2.39. The number of hydrogen-bond acceptors (Lipinski definition) is 3. The molecule has 0 spiro atoms. The van der Waals surface area contributed by atoms with E-state index in [9.17, 15) is 0 Å². The Hall–Kier alpha value is -0.390. The van der Waals surface area contributed by atoms with Gasteiger partial charge in [-0.2, -0.15) is 0 Å². The second-order valence-corrected chi connectivity index (χ2v) is 7.70. The molecule has 2 nitrogen and oxygen atoms in total. The Bertz CT molecular complexity index is 643. The molecule has 0 amide bonds. The Morgan fingerprint density at radius 1 is 1.48 bits per heavy atom. The molecule has 0 bridgehead atoms. The third kappa shape index (κ3) is 2.92. The van der Waals surface area contributed by atoms with Gasteiger partial charge in [-0.1, -0.05) is 33.6 Å². The predicted molar refractivity (Wildman–Crippen MR) is 94.1 cm³/mol. The topological polar surface area (TPSA) is 29.3 Å². The fourth-order valence-electron chi connectivity index (χ4n) is 3.17. The Kier molecular flexibility index (Phi) is 4.71. The molecule has 1 aliphatic rings. The number of thiophene rings is 1. The van der Waals surface area contributed by atoms with Crippen molar-refractivity contribution in [1.29, 1.82) is 0 Å². The SMILES string of the molecule is CC1c2ccsc2CCN1C(CN)c1ccc(Br)cc1Cl. The monoisotopic (exact) mass is 384 g/mol. The normalized spacial score (nSPS) is 20.3. The van der Waals surface area contributed by atoms with E-state index in [1.807, 2.05) is 23.5 Å². The van der Waals surface area contributed by atoms with E-state index in [-0.39, 0.29) is 6.04 Å². The first kappa shape index (κ1) is 15.5. The lowest BCUT2D eigenvalue weighted by Gasteiger charge is -2.39. The summed E-state index contributed by atoms with van der Waals surface area (Å²) in [6, 6.07) is 8.86. The van der Waals surface area contributed by atoms with Gasteiger partial charge in [-0.3, -0.25) is 4.90 Å². The summed E-state index contributed by atoms with van der Waals surface area (Å²) in [5.41, 5.74) is 8.65. The first-order valence-corrected chi connectivity index (χ1v) is 9.14. The van der Waals surface area contributed by atoms with Crippen LogP contribution in [0.4, 0.5) is 0 Å². The van der Waals surface area contributed by atoms with Crippen LogP contribution in [0.3, 0.4) is 0 Å². The maximum atomic E-state index is 6.44. The Morgan fingerprint density at radius 3 is 3.00 bits per heavy atom. The van der Waals surface area contributed by atoms with Crippen molar-refractivity contribution in [2.24, 2.45) is 5.73 Å². The molecule has 0 saturated heterocycles. The summed E-state index contributed by atoms with van der Waals surface area (Å²) in [5.74, 6) is 0. The molecule has 0 aliphatic carbocycles. The third-order valence-corrected chi connectivity index (χ3v) is 6.09. The van der Waals surface area contributed by atoms with Crippen molar-refractivity contribution in [1.82, 2.24) is 4.90 Å². The Labute approximate surface area is 143 Å². The van der Waals surface area contributed by atoms with Crippen LogP contribution in [0.5, 0.6) is 0 Å². The lowest BCUT2D eigenvalue weighted by atomic mass is 9.96. The van der Waals surface area contributed by atoms with Crippen LogP contribution in [0.2, 0.25) is 5.02 Å². The molecule has 5 heteroatoms. The van der Waals surface area contributed by atoms with Crippen molar-refractivity contribution in [3.8, 4) is 0 Å². The van der Waals surface area contributed by atoms with Crippen molar-refractivity contribution < 1.29 is 0 Å². The molecule has 1 aromatic carbocycles. The maximum absolute atomic E-state index is 6.44. The summed E-state index contributed by atoms with van der Waals surface area (Å²) < 4.78 is 0.999. The molecule has 2 unspecified atom stereocenters. The zero-order valence-corrected chi connectivity index (χ0v) is 15.0. The number of nitrogens with zero attached hydrogens (tertiary/aromatic N) is 1. The van der Waals surface area contributed by atoms with Gasteiger partial charge in [0, 0.05) is 39.5 Å². The van der Waals surface area contributed by atoms with Crippen LogP contribution in [0.1, 0.15) is 35.0 Å². The summed E-state index contributed by atoms with van der Waals surface area (Å²) in [6.45, 7) is 3.87. The molecule has 1 aliphatic heterocycles. The van der Waals surface area contributed by atoms with Crippen LogP contribution in [0.25, 0.3) is 0 Å². The number of rotatable bonds is 3. The number of hydrogen-bond donors (Lipinski definition) is 1. The molecule has 2 heterocycles. The summed E-state index contributed by atoms with van der Waals surface area (Å²) in [5, 5.41) is 2.97. The van der Waals surface area contributed by atoms with Crippen molar-refractivity contribution in [3.63, 3.8) is 0 Å². The highest BCUT2D eigenvalue weighted by Crippen LogP contribution is 2.39. The van der Waals surface area contributed by atoms with Crippen LogP contribution >= 0.6 is 38.9 Å². The molecule has 0 fully saturated rings. The van der Waals surface area contributed by atoms with Crippen molar-refractivity contribution in [2.75, 3.05) is 13.1 Å². The second-order valence-electron chi connectivity index (χ2n) is 5.38. The molecule has 2 atom stereocenters. The molecule has 2 aromatic rings. The molecule has 112 valence electrons. The minimum Gasteiger partial charge on any atom is -0.329 e. The maximum Gasteiger partial charge on any atom is 0.0491 e. The van der Waals surface area contributed by atoms with Gasteiger partial charge in [0.2, 0.25) is 0 Å². The molecular formula is C16H18BrClN2S. The summed E-state index contributed by atoms with van der Waals surface area (Å²) in [4.78, 5) is 3.99. The number of halogens is 2. The zero-order chi connectivity index (χ0) is 15.0. The zero-order valence-electron chi connectivity index (χ0n) is 11.9. The van der Waals surface area contributed by atoms with E-state index in [2.05, 4.69) is 45.3 Å². The van der Waals surface area contributed by atoms with Gasteiger partial charge in [-0.05, 0) is 48.1 Å². The summed E-state index contributed by atoms with van der Waals surface area (Å²) in [6.07, 6.45) is 1.10. The Morgan fingerprint density at radius 2 is 2.29 bits per heavy atom. The van der Waals surface area contributed by atoms with E-state index in [0.29, 0.717) is 12.6 Å². The third-order valence-electron chi connectivity index (χ3n) is 4.27. The van der Waals surface area contributed by atoms with Crippen LogP contribution in [0.15, 0.2) is 34.1 Å². The molecule has 0 radical (unpaired) electrons. The first-order chi connectivity index (χ1) is 10.1. The van der Waals surface area contributed by atoms with E-state index in [0.717, 1.165) is 28.0 Å². The molecule has 3 rings (SSSR count). The fourth-order valence-corrected chi connectivity index (χ4v) is 4.93. The van der Waals surface area contributed by atoms with E-state index in [1.165, 1.54) is 10.4 Å². The highest BCUT2D eigenvalue weighted by molar-refractivity contribution is 9.10. The fraction of sp³-hybridized carbons (Fsp3) is 0.375. The van der Waals surface area contributed by atoms with Crippen LogP contribution in [-0.4, -0.2) is 18.0 Å². The number of benzene rings is 1. The van der Waals surface area contributed by atoms with Gasteiger partial charge in [0.25, 0.3) is 0 Å². The molecule has 0 saturated carbocycles. The molecule has 2 N–H and O–H groups in total. The van der Waals surface area contributed by atoms with E-state index >= 15 is 0 Å². The predicted octanol–water partition coefficient (Wildman–Crippen LogP) is 4.78. The summed E-state index contributed by atoms with van der Waals surface area (Å²) in [7, 11) is 0. The van der Waals surface area contributed by atoms with E-state index in [1.54, 1.807) is 0 Å². The Balaban J connectivity index is 1.94. The molecule has 21 heavy (non-hydrogen) atoms. The van der Waals surface area contributed by atoms with Crippen molar-refractivity contribution >= 4 is 38.9 Å². The van der Waals surface area contributed by atoms with Crippen molar-refractivity contribution in [2.45, 2.75) is 25.4 Å². The van der Waals surface area contributed by atoms with Gasteiger partial charge in [0.05, 0.1) is 0 Å². The minimum atomic E-state index is 0.161. The van der Waals surface area contributed by atoms with E-state index in [4.69, 9.17) is 17.3 Å². The van der Waals surface area contributed by atoms with Crippen LogP contribution in [-0.2, 0) is 6.42 Å². The van der Waals surface area contributed by atoms with Crippen LogP contribution < -0.4 is 5.73 Å². The van der Waals surface area contributed by atoms with Gasteiger partial charge in [-0.25, -0.2) is 0 Å². The van der Waals surface area contributed by atoms with Gasteiger partial charge >= 0.3 is 0 Å². The van der Waals surface area contributed by atoms with Gasteiger partial charge in [0.15, 0.2) is 0 Å². The number of nitrogens with two attached hydrogens (primary N) is 1. The van der Waals surface area contributed by atoms with E-state index < -0.39 is 0 Å². The first-order valence-electron chi connectivity index (χ1n) is 7.09. The standard InChI is InChI=1S/C16H18BrClN2S/c1-10-12-5-7-21-16(12)4-6-20(10)15(9-19)13-3-2-11(17)8-14(13)18/h2-3,5,7-8,10,15H,4,6,9,19H2,1H3. The average molecular weight is 386 g/mol. The highest BCUT2D eigenvalue weighted by Gasteiger charge is 2.31. The second kappa shape index (κ2) is 6.39. The number of fused-ring (bicyclic) bond motifs is 1. The quantitative estimate of drug-likeness (QED) is 0.823. The largest absolute Gasteiger partial charge is 0.329 e. The highest BCUT2D eigenvalue weighted by atomic mass is 79.9. The van der Waals surface area contributed by atoms with Crippen molar-refractivity contribution in [3.05, 3.63) is 55.1 Å². The van der Waals surface area contributed by atoms with Gasteiger partial charge < -0.3 is 5.73 Å². The lowest BCUT2D eigenvalue weighted by molar-refractivity contribution is 0.139. The average Bonchev–Trinajstić information content (AvgIpc) is 2.93. The molecule has 1 aromatic heterocycles. The van der Waals surface area contributed by atoms with Gasteiger partial charge in [0.1, 0.15) is 0 Å². The summed E-state index contributed by atoms with van der Waals surface area (Å²) >= 11 is 11.8. The smallest absolute Gasteiger partial charge is 0.0491 e. The van der Waals surface area contributed by atoms with Gasteiger partial charge in [-0.15, -0.1) is 11.3 Å². The minimum absolute atomic E-state index is 0.161.